The lowest BCUT2D eigenvalue weighted by Crippen LogP contribution is -2.33. The average Bonchev–Trinajstić information content (AvgIpc) is 2.66. The van der Waals surface area contributed by atoms with Crippen LogP contribution in [0.3, 0.4) is 0 Å². The number of halogens is 2. The van der Waals surface area contributed by atoms with Gasteiger partial charge in [-0.25, -0.2) is 8.78 Å². The van der Waals surface area contributed by atoms with Gasteiger partial charge < -0.3 is 10.6 Å². The lowest BCUT2D eigenvalue weighted by Gasteiger charge is -2.16. The number of nitrogens with two attached hydrogens (primary N) is 1. The SMILES string of the molecule is NC(=S)N1CCC(c2ccc(F)cc2F)C1. The second-order valence-corrected chi connectivity index (χ2v) is 4.35. The Bertz CT molecular complexity index is 422. The number of rotatable bonds is 1. The first-order chi connectivity index (χ1) is 7.58. The maximum Gasteiger partial charge on any atom is 0.166 e. The van der Waals surface area contributed by atoms with E-state index >= 15 is 0 Å². The first kappa shape index (κ1) is 11.3. The minimum atomic E-state index is -0.551. The van der Waals surface area contributed by atoms with Gasteiger partial charge in [0.05, 0.1) is 0 Å². The van der Waals surface area contributed by atoms with Crippen LogP contribution in [-0.2, 0) is 0 Å². The summed E-state index contributed by atoms with van der Waals surface area (Å²) >= 11 is 4.86. The smallest absolute Gasteiger partial charge is 0.166 e. The molecule has 2 nitrogen and oxygen atoms in total. The molecule has 1 atom stereocenters. The van der Waals surface area contributed by atoms with Crippen LogP contribution < -0.4 is 5.73 Å². The highest BCUT2D eigenvalue weighted by Gasteiger charge is 2.26. The van der Waals surface area contributed by atoms with Gasteiger partial charge in [-0.1, -0.05) is 6.07 Å². The van der Waals surface area contributed by atoms with Crippen molar-refractivity contribution in [2.75, 3.05) is 13.1 Å². The normalized spacial score (nSPS) is 20.1. The fraction of sp³-hybridized carbons (Fsp3) is 0.364. The number of hydrogen-bond acceptors (Lipinski definition) is 1. The second kappa shape index (κ2) is 4.33. The zero-order valence-electron chi connectivity index (χ0n) is 8.62. The summed E-state index contributed by atoms with van der Waals surface area (Å²) in [5, 5.41) is 0.338. The van der Waals surface area contributed by atoms with Crippen molar-refractivity contribution in [1.29, 1.82) is 0 Å². The van der Waals surface area contributed by atoms with Crippen LogP contribution in [0.1, 0.15) is 17.9 Å². The van der Waals surface area contributed by atoms with Crippen LogP contribution in [0.4, 0.5) is 8.78 Å². The van der Waals surface area contributed by atoms with E-state index in [1.165, 1.54) is 12.1 Å². The van der Waals surface area contributed by atoms with Crippen molar-refractivity contribution in [3.8, 4) is 0 Å². The molecular formula is C11H12F2N2S. The van der Waals surface area contributed by atoms with Gasteiger partial charge in [0, 0.05) is 25.1 Å². The summed E-state index contributed by atoms with van der Waals surface area (Å²) in [7, 11) is 0. The van der Waals surface area contributed by atoms with Gasteiger partial charge in [0.2, 0.25) is 0 Å². The number of thiocarbonyl (C=S) groups is 1. The molecule has 1 heterocycles. The topological polar surface area (TPSA) is 29.3 Å². The zero-order chi connectivity index (χ0) is 11.7. The Hall–Kier alpha value is -1.23. The molecule has 16 heavy (non-hydrogen) atoms. The van der Waals surface area contributed by atoms with Crippen molar-refractivity contribution < 1.29 is 8.78 Å². The molecule has 0 aromatic heterocycles. The molecule has 1 aliphatic heterocycles. The molecule has 1 unspecified atom stereocenters. The van der Waals surface area contributed by atoms with E-state index in [1.807, 2.05) is 4.90 Å². The highest BCUT2D eigenvalue weighted by Crippen LogP contribution is 2.29. The second-order valence-electron chi connectivity index (χ2n) is 3.94. The van der Waals surface area contributed by atoms with Gasteiger partial charge in [-0.3, -0.25) is 0 Å². The molecule has 0 radical (unpaired) electrons. The van der Waals surface area contributed by atoms with Crippen molar-refractivity contribution in [2.45, 2.75) is 12.3 Å². The van der Waals surface area contributed by atoms with Crippen LogP contribution >= 0.6 is 12.2 Å². The number of benzene rings is 1. The van der Waals surface area contributed by atoms with E-state index in [0.29, 0.717) is 17.2 Å². The first-order valence-corrected chi connectivity index (χ1v) is 5.48. The van der Waals surface area contributed by atoms with E-state index in [-0.39, 0.29) is 5.92 Å². The van der Waals surface area contributed by atoms with Gasteiger partial charge in [-0.15, -0.1) is 0 Å². The third-order valence-corrected chi connectivity index (χ3v) is 3.16. The van der Waals surface area contributed by atoms with Crippen molar-refractivity contribution in [1.82, 2.24) is 4.90 Å². The Morgan fingerprint density at radius 3 is 2.75 bits per heavy atom. The lowest BCUT2D eigenvalue weighted by atomic mass is 9.98. The summed E-state index contributed by atoms with van der Waals surface area (Å²) in [4.78, 5) is 1.84. The van der Waals surface area contributed by atoms with Crippen molar-refractivity contribution >= 4 is 17.3 Å². The minimum absolute atomic E-state index is 0.0436. The largest absolute Gasteiger partial charge is 0.376 e. The summed E-state index contributed by atoms with van der Waals surface area (Å²) in [5.74, 6) is -0.998. The monoisotopic (exact) mass is 242 g/mol. The van der Waals surface area contributed by atoms with Gasteiger partial charge in [0.15, 0.2) is 5.11 Å². The molecule has 1 aromatic carbocycles. The van der Waals surface area contributed by atoms with E-state index in [1.54, 1.807) is 0 Å². The van der Waals surface area contributed by atoms with Gasteiger partial charge in [-0.2, -0.15) is 0 Å². The maximum absolute atomic E-state index is 13.5. The predicted octanol–water partition coefficient (Wildman–Crippen LogP) is 2.00. The van der Waals surface area contributed by atoms with Crippen molar-refractivity contribution in [2.24, 2.45) is 5.73 Å². The summed E-state index contributed by atoms with van der Waals surface area (Å²) in [6.45, 7) is 1.34. The van der Waals surface area contributed by atoms with E-state index in [2.05, 4.69) is 0 Å². The molecule has 1 saturated heterocycles. The summed E-state index contributed by atoms with van der Waals surface area (Å²) in [6.07, 6.45) is 0.792. The Balaban J connectivity index is 2.17. The van der Waals surface area contributed by atoms with Gasteiger partial charge in [0.25, 0.3) is 0 Å². The molecule has 2 N–H and O–H groups in total. The van der Waals surface area contributed by atoms with E-state index < -0.39 is 11.6 Å². The molecule has 1 aliphatic rings. The molecule has 2 rings (SSSR count). The number of likely N-dealkylation sites (tertiary alicyclic amines) is 1. The Morgan fingerprint density at radius 1 is 1.44 bits per heavy atom. The highest BCUT2D eigenvalue weighted by atomic mass is 32.1. The number of hydrogen-bond donors (Lipinski definition) is 1. The third-order valence-electron chi connectivity index (χ3n) is 2.90. The summed E-state index contributed by atoms with van der Waals surface area (Å²) in [6, 6.07) is 3.69. The third kappa shape index (κ3) is 2.14. The molecule has 0 spiro atoms. The Labute approximate surface area is 98.0 Å². The summed E-state index contributed by atoms with van der Waals surface area (Å²) in [5.41, 5.74) is 6.05. The fourth-order valence-electron chi connectivity index (χ4n) is 2.05. The van der Waals surface area contributed by atoms with Crippen LogP contribution in [0.2, 0.25) is 0 Å². The van der Waals surface area contributed by atoms with E-state index in [9.17, 15) is 8.78 Å². The Kier molecular flexibility index (Phi) is 3.05. The lowest BCUT2D eigenvalue weighted by molar-refractivity contribution is 0.506. The number of nitrogens with zero attached hydrogens (tertiary/aromatic N) is 1. The van der Waals surface area contributed by atoms with Crippen LogP contribution in [0, 0.1) is 11.6 Å². The summed E-state index contributed by atoms with van der Waals surface area (Å²) < 4.78 is 26.3. The first-order valence-electron chi connectivity index (χ1n) is 5.07. The van der Waals surface area contributed by atoms with Crippen LogP contribution in [-0.4, -0.2) is 23.1 Å². The van der Waals surface area contributed by atoms with E-state index in [0.717, 1.165) is 19.0 Å². The molecule has 1 aromatic rings. The molecule has 5 heteroatoms. The Morgan fingerprint density at radius 2 is 2.19 bits per heavy atom. The molecule has 0 bridgehead atoms. The maximum atomic E-state index is 13.5. The van der Waals surface area contributed by atoms with Gasteiger partial charge in [-0.05, 0) is 30.3 Å². The quantitative estimate of drug-likeness (QED) is 0.764. The minimum Gasteiger partial charge on any atom is -0.376 e. The highest BCUT2D eigenvalue weighted by molar-refractivity contribution is 7.80. The molecule has 0 amide bonds. The van der Waals surface area contributed by atoms with Crippen molar-refractivity contribution in [3.63, 3.8) is 0 Å². The fourth-order valence-corrected chi connectivity index (χ4v) is 2.21. The van der Waals surface area contributed by atoms with Crippen LogP contribution in [0.25, 0.3) is 0 Å². The molecule has 1 fully saturated rings. The molecule has 0 aliphatic carbocycles. The average molecular weight is 242 g/mol. The molecule has 0 saturated carbocycles. The van der Waals surface area contributed by atoms with Crippen LogP contribution in [0.5, 0.6) is 0 Å². The van der Waals surface area contributed by atoms with Gasteiger partial charge >= 0.3 is 0 Å². The van der Waals surface area contributed by atoms with Gasteiger partial charge in [0.1, 0.15) is 11.6 Å². The van der Waals surface area contributed by atoms with Crippen LogP contribution in [0.15, 0.2) is 18.2 Å². The standard InChI is InChI=1S/C11H12F2N2S/c12-8-1-2-9(10(13)5-8)7-3-4-15(6-7)11(14)16/h1-2,5,7H,3-4,6H2,(H2,14,16). The van der Waals surface area contributed by atoms with Crippen molar-refractivity contribution in [3.05, 3.63) is 35.4 Å². The zero-order valence-corrected chi connectivity index (χ0v) is 9.44. The predicted molar refractivity (Wildman–Crippen MR) is 62.1 cm³/mol. The van der Waals surface area contributed by atoms with E-state index in [4.69, 9.17) is 18.0 Å². The molecule has 86 valence electrons. The molecular weight excluding hydrogens is 230 g/mol.